The van der Waals surface area contributed by atoms with Crippen LogP contribution in [0.4, 0.5) is 11.8 Å². The molecule has 6 rings (SSSR count). The van der Waals surface area contributed by atoms with E-state index in [1.807, 2.05) is 16.7 Å². The topological polar surface area (TPSA) is 124 Å². The Morgan fingerprint density at radius 3 is 2.70 bits per heavy atom. The van der Waals surface area contributed by atoms with Gasteiger partial charge in [-0.05, 0) is 74.0 Å². The third kappa shape index (κ3) is 5.89. The molecule has 0 amide bonds. The number of ether oxygens (including phenoxy) is 2. The van der Waals surface area contributed by atoms with Crippen molar-refractivity contribution in [1.29, 1.82) is 0 Å². The second-order valence-electron chi connectivity index (χ2n) is 10.5. The highest BCUT2D eigenvalue weighted by Crippen LogP contribution is 2.34. The SMILES string of the molecule is Nc1ncnc2c1nc(NCc1ccc(-c3cccc(OCCCN4CCCC4)c3)cc1)n2[C@H]1CC[C@@H](CO)O1. The van der Waals surface area contributed by atoms with E-state index < -0.39 is 0 Å². The smallest absolute Gasteiger partial charge is 0.207 e. The van der Waals surface area contributed by atoms with Crippen LogP contribution in [-0.4, -0.2) is 68.5 Å². The van der Waals surface area contributed by atoms with Crippen molar-refractivity contribution >= 4 is 22.9 Å². The molecule has 0 unspecified atom stereocenters. The molecule has 0 saturated carbocycles. The van der Waals surface area contributed by atoms with Crippen LogP contribution in [0.5, 0.6) is 5.75 Å². The van der Waals surface area contributed by atoms with Crippen LogP contribution in [0.2, 0.25) is 0 Å². The minimum Gasteiger partial charge on any atom is -0.494 e. The third-order valence-electron chi connectivity index (χ3n) is 7.74. The van der Waals surface area contributed by atoms with E-state index in [1.54, 1.807) is 0 Å². The number of anilines is 2. The fourth-order valence-corrected chi connectivity index (χ4v) is 5.58. The number of nitrogens with two attached hydrogens (primary N) is 1. The summed E-state index contributed by atoms with van der Waals surface area (Å²) >= 11 is 0. The first-order chi connectivity index (χ1) is 19.7. The minimum absolute atomic E-state index is 0.0108. The summed E-state index contributed by atoms with van der Waals surface area (Å²) in [6, 6.07) is 16.8. The fraction of sp³-hybridized carbons (Fsp3) is 0.433. The highest BCUT2D eigenvalue weighted by atomic mass is 16.5. The number of nitrogens with one attached hydrogen (secondary N) is 1. The van der Waals surface area contributed by atoms with Crippen molar-refractivity contribution in [2.45, 2.75) is 51.0 Å². The molecule has 0 bridgehead atoms. The van der Waals surface area contributed by atoms with Gasteiger partial charge in [0.25, 0.3) is 0 Å². The van der Waals surface area contributed by atoms with Crippen LogP contribution in [0.25, 0.3) is 22.3 Å². The molecule has 4 aromatic rings. The first kappa shape index (κ1) is 26.5. The standard InChI is InChI=1S/C30H37N7O3/c31-28-27-29(34-20-33-28)37(26-12-11-25(19-38)40-26)30(35-27)32-18-21-7-9-22(10-8-21)23-5-3-6-24(17-23)39-16-4-15-36-13-1-2-14-36/h3,5-10,17,20,25-26,38H,1-2,4,11-16,18-19H2,(H,32,35)(H2,31,33,34)/t25-,26+/m0/s1. The van der Waals surface area contributed by atoms with Crippen molar-refractivity contribution in [1.82, 2.24) is 24.4 Å². The number of benzene rings is 2. The van der Waals surface area contributed by atoms with E-state index in [0.717, 1.165) is 54.9 Å². The fourth-order valence-electron chi connectivity index (χ4n) is 5.58. The first-order valence-electron chi connectivity index (χ1n) is 14.2. The second-order valence-corrected chi connectivity index (χ2v) is 10.5. The molecular weight excluding hydrogens is 506 g/mol. The van der Waals surface area contributed by atoms with Gasteiger partial charge in [0.2, 0.25) is 5.95 Å². The van der Waals surface area contributed by atoms with Crippen LogP contribution in [0.1, 0.15) is 43.9 Å². The zero-order valence-electron chi connectivity index (χ0n) is 22.7. The number of hydrogen-bond donors (Lipinski definition) is 3. The van der Waals surface area contributed by atoms with Gasteiger partial charge in [-0.2, -0.15) is 0 Å². The van der Waals surface area contributed by atoms with Gasteiger partial charge in [-0.15, -0.1) is 0 Å². The predicted octanol–water partition coefficient (Wildman–Crippen LogP) is 4.22. The molecule has 210 valence electrons. The summed E-state index contributed by atoms with van der Waals surface area (Å²) in [6.07, 6.45) is 6.18. The molecule has 40 heavy (non-hydrogen) atoms. The van der Waals surface area contributed by atoms with Crippen LogP contribution >= 0.6 is 0 Å². The summed E-state index contributed by atoms with van der Waals surface area (Å²) in [5.74, 6) is 1.85. The Hall–Kier alpha value is -3.73. The van der Waals surface area contributed by atoms with E-state index in [1.165, 1.54) is 32.3 Å². The van der Waals surface area contributed by atoms with Crippen molar-refractivity contribution in [2.24, 2.45) is 0 Å². The Labute approximate surface area is 234 Å². The molecule has 0 aliphatic carbocycles. The monoisotopic (exact) mass is 543 g/mol. The molecule has 2 atom stereocenters. The molecular formula is C30H37N7O3. The van der Waals surface area contributed by atoms with Gasteiger partial charge < -0.3 is 30.5 Å². The van der Waals surface area contributed by atoms with Gasteiger partial charge in [0.05, 0.1) is 19.3 Å². The molecule has 0 radical (unpaired) electrons. The molecule has 2 aromatic heterocycles. The van der Waals surface area contributed by atoms with Crippen molar-refractivity contribution < 1.29 is 14.6 Å². The number of nitrogen functional groups attached to an aromatic ring is 1. The van der Waals surface area contributed by atoms with Crippen LogP contribution < -0.4 is 15.8 Å². The van der Waals surface area contributed by atoms with Crippen molar-refractivity contribution in [2.75, 3.05) is 43.9 Å². The number of aliphatic hydroxyl groups is 1. The zero-order valence-corrected chi connectivity index (χ0v) is 22.7. The average molecular weight is 544 g/mol. The summed E-state index contributed by atoms with van der Waals surface area (Å²) < 4.78 is 14.0. The van der Waals surface area contributed by atoms with Crippen LogP contribution in [-0.2, 0) is 11.3 Å². The number of nitrogens with zero attached hydrogens (tertiary/aromatic N) is 5. The maximum Gasteiger partial charge on any atom is 0.207 e. The number of aliphatic hydroxyl groups excluding tert-OH is 1. The van der Waals surface area contributed by atoms with Crippen LogP contribution in [0.15, 0.2) is 54.9 Å². The quantitative estimate of drug-likeness (QED) is 0.239. The summed E-state index contributed by atoms with van der Waals surface area (Å²) in [5.41, 5.74) is 10.6. The number of imidazole rings is 1. The number of rotatable bonds is 11. The van der Waals surface area contributed by atoms with Crippen molar-refractivity contribution in [3.8, 4) is 16.9 Å². The Morgan fingerprint density at radius 2 is 1.90 bits per heavy atom. The van der Waals surface area contributed by atoms with Crippen LogP contribution in [0, 0.1) is 0 Å². The van der Waals surface area contributed by atoms with E-state index >= 15 is 0 Å². The van der Waals surface area contributed by atoms with E-state index in [4.69, 9.17) is 20.2 Å². The maximum absolute atomic E-state index is 9.55. The number of fused-ring (bicyclic) bond motifs is 1. The number of hydrogen-bond acceptors (Lipinski definition) is 9. The molecule has 2 fully saturated rings. The highest BCUT2D eigenvalue weighted by Gasteiger charge is 2.30. The van der Waals surface area contributed by atoms with Gasteiger partial charge in [0.1, 0.15) is 18.3 Å². The van der Waals surface area contributed by atoms with E-state index in [9.17, 15) is 5.11 Å². The Balaban J connectivity index is 1.10. The largest absolute Gasteiger partial charge is 0.494 e. The molecule has 2 aliphatic heterocycles. The number of likely N-dealkylation sites (tertiary alicyclic amines) is 1. The summed E-state index contributed by atoms with van der Waals surface area (Å²) in [6.45, 7) is 4.85. The molecule has 10 heteroatoms. The second kappa shape index (κ2) is 12.2. The van der Waals surface area contributed by atoms with Gasteiger partial charge in [-0.25, -0.2) is 15.0 Å². The van der Waals surface area contributed by atoms with Gasteiger partial charge >= 0.3 is 0 Å². The average Bonchev–Trinajstić information content (AvgIpc) is 3.75. The lowest BCUT2D eigenvalue weighted by molar-refractivity contribution is -0.0197. The van der Waals surface area contributed by atoms with Crippen LogP contribution in [0.3, 0.4) is 0 Å². The lowest BCUT2D eigenvalue weighted by atomic mass is 10.0. The first-order valence-corrected chi connectivity index (χ1v) is 14.2. The number of aromatic nitrogens is 4. The van der Waals surface area contributed by atoms with Crippen molar-refractivity contribution in [3.05, 3.63) is 60.4 Å². The molecule has 2 aromatic carbocycles. The zero-order chi connectivity index (χ0) is 27.3. The molecule has 4 N–H and O–H groups in total. The summed E-state index contributed by atoms with van der Waals surface area (Å²) in [7, 11) is 0. The molecule has 10 nitrogen and oxygen atoms in total. The predicted molar refractivity (Wildman–Crippen MR) is 155 cm³/mol. The maximum atomic E-state index is 9.55. The Morgan fingerprint density at radius 1 is 1.05 bits per heavy atom. The lowest BCUT2D eigenvalue weighted by Gasteiger charge is -2.17. The summed E-state index contributed by atoms with van der Waals surface area (Å²) in [4.78, 5) is 15.7. The molecule has 2 aliphatic rings. The normalized spacial score (nSPS) is 19.4. The van der Waals surface area contributed by atoms with Gasteiger partial charge in [0.15, 0.2) is 17.0 Å². The molecule has 4 heterocycles. The summed E-state index contributed by atoms with van der Waals surface area (Å²) in [5, 5.41) is 13.0. The Bertz CT molecular complexity index is 1420. The van der Waals surface area contributed by atoms with Gasteiger partial charge in [0, 0.05) is 13.1 Å². The highest BCUT2D eigenvalue weighted by molar-refractivity contribution is 5.84. The van der Waals surface area contributed by atoms with E-state index in [2.05, 4.69) is 56.6 Å². The van der Waals surface area contributed by atoms with Gasteiger partial charge in [-0.1, -0.05) is 36.4 Å². The van der Waals surface area contributed by atoms with E-state index in [0.29, 0.717) is 29.5 Å². The third-order valence-corrected chi connectivity index (χ3v) is 7.74. The molecule has 2 saturated heterocycles. The minimum atomic E-state index is -0.281. The Kier molecular flexibility index (Phi) is 8.08. The van der Waals surface area contributed by atoms with Crippen molar-refractivity contribution in [3.63, 3.8) is 0 Å². The lowest BCUT2D eigenvalue weighted by Crippen LogP contribution is -2.21. The van der Waals surface area contributed by atoms with E-state index in [-0.39, 0.29) is 18.9 Å². The molecule has 0 spiro atoms. The van der Waals surface area contributed by atoms with Gasteiger partial charge in [-0.3, -0.25) is 4.57 Å².